The van der Waals surface area contributed by atoms with E-state index in [2.05, 4.69) is 4.74 Å². The van der Waals surface area contributed by atoms with Crippen molar-refractivity contribution in [3.05, 3.63) is 76.3 Å². The second-order valence-corrected chi connectivity index (χ2v) is 4.70. The molecule has 4 heteroatoms. The smallest absolute Gasteiger partial charge is 0.337 e. The monoisotopic (exact) mass is 300 g/mol. The van der Waals surface area contributed by atoms with Gasteiger partial charge in [-0.15, -0.1) is 0 Å². The fourth-order valence-electron chi connectivity index (χ4n) is 1.77. The van der Waals surface area contributed by atoms with Crippen LogP contribution in [-0.4, -0.2) is 18.9 Å². The van der Waals surface area contributed by atoms with Gasteiger partial charge in [-0.3, -0.25) is 4.79 Å². The Morgan fingerprint density at radius 2 is 1.71 bits per heavy atom. The molecule has 0 radical (unpaired) electrons. The minimum absolute atomic E-state index is 0.169. The van der Waals surface area contributed by atoms with Gasteiger partial charge < -0.3 is 4.74 Å². The van der Waals surface area contributed by atoms with Gasteiger partial charge >= 0.3 is 5.97 Å². The van der Waals surface area contributed by atoms with Crippen LogP contribution >= 0.6 is 11.6 Å². The summed E-state index contributed by atoms with van der Waals surface area (Å²) in [6.07, 6.45) is 3.13. The number of hydrogen-bond acceptors (Lipinski definition) is 3. The summed E-state index contributed by atoms with van der Waals surface area (Å²) < 4.78 is 4.62. The highest BCUT2D eigenvalue weighted by atomic mass is 35.5. The molecule has 0 fully saturated rings. The summed E-state index contributed by atoms with van der Waals surface area (Å²) in [5, 5.41) is 0.424. The number of allylic oxidation sites excluding steroid dienone is 1. The number of carbonyl (C=O) groups excluding carboxylic acids is 2. The second kappa shape index (κ2) is 6.86. The van der Waals surface area contributed by atoms with E-state index in [0.29, 0.717) is 16.1 Å². The Balaban J connectivity index is 2.13. The molecule has 2 rings (SSSR count). The third kappa shape index (κ3) is 3.80. The first-order valence-electron chi connectivity index (χ1n) is 6.27. The van der Waals surface area contributed by atoms with Gasteiger partial charge in [0.05, 0.1) is 17.7 Å². The second-order valence-electron chi connectivity index (χ2n) is 4.29. The Labute approximate surface area is 127 Å². The van der Waals surface area contributed by atoms with E-state index < -0.39 is 5.97 Å². The zero-order chi connectivity index (χ0) is 15.2. The number of benzene rings is 2. The Morgan fingerprint density at radius 3 is 2.33 bits per heavy atom. The van der Waals surface area contributed by atoms with Crippen LogP contribution < -0.4 is 0 Å². The largest absolute Gasteiger partial charge is 0.465 e. The molecule has 21 heavy (non-hydrogen) atoms. The average Bonchev–Trinajstić information content (AvgIpc) is 2.52. The van der Waals surface area contributed by atoms with Crippen LogP contribution in [0.2, 0.25) is 5.02 Å². The van der Waals surface area contributed by atoms with Gasteiger partial charge in [-0.25, -0.2) is 4.79 Å². The molecule has 0 aromatic heterocycles. The van der Waals surface area contributed by atoms with Crippen molar-refractivity contribution < 1.29 is 14.3 Å². The number of hydrogen-bond donors (Lipinski definition) is 0. The quantitative estimate of drug-likeness (QED) is 0.486. The third-order valence-electron chi connectivity index (χ3n) is 2.90. The van der Waals surface area contributed by atoms with Crippen LogP contribution in [0.25, 0.3) is 6.08 Å². The van der Waals surface area contributed by atoms with Gasteiger partial charge in [-0.2, -0.15) is 0 Å². The maximum atomic E-state index is 12.0. The Bertz CT molecular complexity index is 687. The summed E-state index contributed by atoms with van der Waals surface area (Å²) in [5.74, 6) is -0.560. The zero-order valence-electron chi connectivity index (χ0n) is 11.4. The first-order valence-corrected chi connectivity index (χ1v) is 6.65. The van der Waals surface area contributed by atoms with Crippen molar-refractivity contribution >= 4 is 29.4 Å². The maximum Gasteiger partial charge on any atom is 0.337 e. The Hall–Kier alpha value is -2.39. The molecule has 0 aliphatic rings. The highest BCUT2D eigenvalue weighted by Gasteiger charge is 2.06. The number of ether oxygens (including phenoxy) is 1. The van der Waals surface area contributed by atoms with Crippen LogP contribution in [0, 0.1) is 0 Å². The minimum atomic E-state index is -0.391. The normalized spacial score (nSPS) is 10.6. The lowest BCUT2D eigenvalue weighted by Gasteiger charge is -2.00. The molecular weight excluding hydrogens is 288 g/mol. The van der Waals surface area contributed by atoms with E-state index >= 15 is 0 Å². The van der Waals surface area contributed by atoms with E-state index in [1.54, 1.807) is 54.6 Å². The summed E-state index contributed by atoms with van der Waals surface area (Å²) in [7, 11) is 1.33. The van der Waals surface area contributed by atoms with Crippen LogP contribution in [0.15, 0.2) is 54.6 Å². The maximum absolute atomic E-state index is 12.0. The molecule has 0 saturated carbocycles. The molecular formula is C17H13ClO3. The number of rotatable bonds is 4. The Morgan fingerprint density at radius 1 is 1.05 bits per heavy atom. The number of methoxy groups -OCH3 is 1. The molecule has 0 unspecified atom stereocenters. The molecule has 0 bridgehead atoms. The summed E-state index contributed by atoms with van der Waals surface area (Å²) in [5.41, 5.74) is 1.73. The first-order chi connectivity index (χ1) is 10.1. The van der Waals surface area contributed by atoms with Gasteiger partial charge in [0, 0.05) is 5.56 Å². The Kier molecular flexibility index (Phi) is 4.90. The summed E-state index contributed by atoms with van der Waals surface area (Å²) in [4.78, 5) is 23.3. The molecule has 2 aromatic carbocycles. The summed E-state index contributed by atoms with van der Waals surface area (Å²) in [6, 6.07) is 13.7. The van der Waals surface area contributed by atoms with Gasteiger partial charge in [0.2, 0.25) is 0 Å². The number of esters is 1. The van der Waals surface area contributed by atoms with E-state index in [1.165, 1.54) is 13.2 Å². The fraction of sp³-hybridized carbons (Fsp3) is 0.0588. The van der Waals surface area contributed by atoms with Gasteiger partial charge in [0.15, 0.2) is 5.78 Å². The SMILES string of the molecule is COC(=O)c1ccc(/C=C\C(=O)c2ccccc2Cl)cc1. The molecule has 0 amide bonds. The van der Waals surface area contributed by atoms with Gasteiger partial charge in [0.25, 0.3) is 0 Å². The number of ketones is 1. The fourth-order valence-corrected chi connectivity index (χ4v) is 2.00. The average molecular weight is 301 g/mol. The molecule has 0 atom stereocenters. The highest BCUT2D eigenvalue weighted by molar-refractivity contribution is 6.34. The lowest BCUT2D eigenvalue weighted by molar-refractivity contribution is 0.0600. The first kappa shape index (κ1) is 15.0. The summed E-state index contributed by atoms with van der Waals surface area (Å²) in [6.45, 7) is 0. The van der Waals surface area contributed by atoms with Crippen molar-refractivity contribution in [2.45, 2.75) is 0 Å². The molecule has 0 heterocycles. The highest BCUT2D eigenvalue weighted by Crippen LogP contribution is 2.16. The van der Waals surface area contributed by atoms with E-state index in [0.717, 1.165) is 5.56 Å². The molecule has 0 N–H and O–H groups in total. The van der Waals surface area contributed by atoms with Crippen LogP contribution in [0.5, 0.6) is 0 Å². The topological polar surface area (TPSA) is 43.4 Å². The number of halogens is 1. The molecule has 106 valence electrons. The van der Waals surface area contributed by atoms with Crippen molar-refractivity contribution in [1.29, 1.82) is 0 Å². The van der Waals surface area contributed by atoms with E-state index in [-0.39, 0.29) is 5.78 Å². The lowest BCUT2D eigenvalue weighted by Crippen LogP contribution is -2.00. The van der Waals surface area contributed by atoms with Gasteiger partial charge in [-0.1, -0.05) is 41.9 Å². The minimum Gasteiger partial charge on any atom is -0.465 e. The van der Waals surface area contributed by atoms with E-state index in [9.17, 15) is 9.59 Å². The summed E-state index contributed by atoms with van der Waals surface area (Å²) >= 11 is 5.97. The van der Waals surface area contributed by atoms with Crippen LogP contribution in [0.1, 0.15) is 26.3 Å². The molecule has 0 aliphatic carbocycles. The van der Waals surface area contributed by atoms with Crippen LogP contribution in [0.4, 0.5) is 0 Å². The van der Waals surface area contributed by atoms with Crippen molar-refractivity contribution in [2.75, 3.05) is 7.11 Å². The van der Waals surface area contributed by atoms with Gasteiger partial charge in [0.1, 0.15) is 0 Å². The zero-order valence-corrected chi connectivity index (χ0v) is 12.1. The predicted octanol–water partition coefficient (Wildman–Crippen LogP) is 4.02. The molecule has 0 spiro atoms. The van der Waals surface area contributed by atoms with E-state index in [4.69, 9.17) is 11.6 Å². The van der Waals surface area contributed by atoms with Crippen molar-refractivity contribution in [1.82, 2.24) is 0 Å². The lowest BCUT2D eigenvalue weighted by atomic mass is 10.1. The van der Waals surface area contributed by atoms with Crippen LogP contribution in [-0.2, 0) is 4.74 Å². The number of carbonyl (C=O) groups is 2. The van der Waals surface area contributed by atoms with Crippen molar-refractivity contribution in [3.8, 4) is 0 Å². The van der Waals surface area contributed by atoms with Crippen molar-refractivity contribution in [2.24, 2.45) is 0 Å². The molecule has 2 aromatic rings. The molecule has 0 saturated heterocycles. The molecule has 0 aliphatic heterocycles. The molecule has 3 nitrogen and oxygen atoms in total. The standard InChI is InChI=1S/C17H13ClO3/c1-21-17(20)13-9-6-12(7-10-13)8-11-16(19)14-4-2-3-5-15(14)18/h2-11H,1H3/b11-8-. The van der Waals surface area contributed by atoms with Crippen molar-refractivity contribution in [3.63, 3.8) is 0 Å². The third-order valence-corrected chi connectivity index (χ3v) is 3.23. The predicted molar refractivity (Wildman–Crippen MR) is 82.6 cm³/mol. The van der Waals surface area contributed by atoms with Gasteiger partial charge in [-0.05, 0) is 35.9 Å². The van der Waals surface area contributed by atoms with Crippen LogP contribution in [0.3, 0.4) is 0 Å². The van der Waals surface area contributed by atoms with E-state index in [1.807, 2.05) is 0 Å².